The van der Waals surface area contributed by atoms with Crippen molar-refractivity contribution in [3.63, 3.8) is 0 Å². The van der Waals surface area contributed by atoms with Crippen molar-refractivity contribution in [1.29, 1.82) is 0 Å². The molecule has 0 radical (unpaired) electrons. The fourth-order valence-corrected chi connectivity index (χ4v) is 1.91. The van der Waals surface area contributed by atoms with E-state index in [0.717, 1.165) is 29.7 Å². The maximum atomic E-state index is 11.5. The number of benzene rings is 1. The number of rotatable bonds is 5. The molecule has 1 saturated carbocycles. The van der Waals surface area contributed by atoms with E-state index < -0.39 is 6.10 Å². The summed E-state index contributed by atoms with van der Waals surface area (Å²) in [4.78, 5) is 11.5. The van der Waals surface area contributed by atoms with Gasteiger partial charge in [0.2, 0.25) is 5.91 Å². The number of aliphatic hydroxyl groups is 1. The van der Waals surface area contributed by atoms with Gasteiger partial charge in [-0.2, -0.15) is 0 Å². The van der Waals surface area contributed by atoms with Crippen LogP contribution in [0, 0.1) is 12.8 Å². The Morgan fingerprint density at radius 1 is 1.56 bits per heavy atom. The molecule has 18 heavy (non-hydrogen) atoms. The molecule has 1 fully saturated rings. The third kappa shape index (κ3) is 3.01. The van der Waals surface area contributed by atoms with Gasteiger partial charge in [-0.15, -0.1) is 0 Å². The molecule has 1 aromatic carbocycles. The van der Waals surface area contributed by atoms with Gasteiger partial charge in [-0.05, 0) is 43.0 Å². The maximum absolute atomic E-state index is 11.5. The number of nitrogens with one attached hydrogen (secondary N) is 1. The summed E-state index contributed by atoms with van der Waals surface area (Å²) in [6.45, 7) is 2.19. The summed E-state index contributed by atoms with van der Waals surface area (Å²) in [5, 5.41) is 12.8. The molecule has 2 rings (SSSR count). The zero-order valence-corrected chi connectivity index (χ0v) is 10.8. The standard InChI is InChI=1S/C14H19NO3/c1-9-7-11(5-6-13(9)18-2)12(16)8-15-14(17)10-3-4-10/h5-7,10,12,16H,3-4,8H2,1-2H3,(H,15,17). The summed E-state index contributed by atoms with van der Waals surface area (Å²) in [7, 11) is 1.62. The van der Waals surface area contributed by atoms with Gasteiger partial charge < -0.3 is 15.2 Å². The molecule has 1 amide bonds. The number of carbonyl (C=O) groups excluding carboxylic acids is 1. The predicted octanol–water partition coefficient (Wildman–Crippen LogP) is 1.56. The quantitative estimate of drug-likeness (QED) is 0.832. The van der Waals surface area contributed by atoms with Gasteiger partial charge in [0.25, 0.3) is 0 Å². The van der Waals surface area contributed by atoms with E-state index in [0.29, 0.717) is 0 Å². The largest absolute Gasteiger partial charge is 0.496 e. The predicted molar refractivity (Wildman–Crippen MR) is 68.4 cm³/mol. The molecule has 0 aromatic heterocycles. The van der Waals surface area contributed by atoms with Gasteiger partial charge in [0.1, 0.15) is 5.75 Å². The van der Waals surface area contributed by atoms with Crippen molar-refractivity contribution in [3.05, 3.63) is 29.3 Å². The average Bonchev–Trinajstić information content (AvgIpc) is 3.19. The number of amides is 1. The zero-order chi connectivity index (χ0) is 13.1. The Morgan fingerprint density at radius 2 is 2.28 bits per heavy atom. The van der Waals surface area contributed by atoms with Gasteiger partial charge in [0.15, 0.2) is 0 Å². The van der Waals surface area contributed by atoms with Crippen molar-refractivity contribution in [2.45, 2.75) is 25.9 Å². The number of aliphatic hydroxyl groups excluding tert-OH is 1. The van der Waals surface area contributed by atoms with Crippen molar-refractivity contribution in [3.8, 4) is 5.75 Å². The van der Waals surface area contributed by atoms with Gasteiger partial charge in [0.05, 0.1) is 13.2 Å². The first-order valence-electron chi connectivity index (χ1n) is 6.22. The van der Waals surface area contributed by atoms with E-state index in [1.165, 1.54) is 0 Å². The lowest BCUT2D eigenvalue weighted by atomic mass is 10.1. The first-order chi connectivity index (χ1) is 8.61. The second-order valence-electron chi connectivity index (χ2n) is 4.76. The van der Waals surface area contributed by atoms with Gasteiger partial charge in [0, 0.05) is 12.5 Å². The maximum Gasteiger partial charge on any atom is 0.223 e. The number of aryl methyl sites for hydroxylation is 1. The lowest BCUT2D eigenvalue weighted by molar-refractivity contribution is -0.122. The molecule has 4 nitrogen and oxygen atoms in total. The lowest BCUT2D eigenvalue weighted by Crippen LogP contribution is -2.29. The van der Waals surface area contributed by atoms with Crippen molar-refractivity contribution in [1.82, 2.24) is 5.32 Å². The molecular formula is C14H19NO3. The molecule has 0 spiro atoms. The minimum absolute atomic E-state index is 0.0549. The Labute approximate surface area is 107 Å². The molecule has 1 aromatic rings. The highest BCUT2D eigenvalue weighted by atomic mass is 16.5. The van der Waals surface area contributed by atoms with E-state index in [4.69, 9.17) is 4.74 Å². The molecule has 0 aliphatic heterocycles. The average molecular weight is 249 g/mol. The fraction of sp³-hybridized carbons (Fsp3) is 0.500. The molecule has 98 valence electrons. The minimum Gasteiger partial charge on any atom is -0.496 e. The number of hydrogen-bond donors (Lipinski definition) is 2. The fourth-order valence-electron chi connectivity index (χ4n) is 1.91. The van der Waals surface area contributed by atoms with Crippen LogP contribution in [0.3, 0.4) is 0 Å². The third-order valence-electron chi connectivity index (χ3n) is 3.22. The van der Waals surface area contributed by atoms with Crippen LogP contribution >= 0.6 is 0 Å². The second kappa shape index (κ2) is 5.40. The Bertz CT molecular complexity index is 441. The highest BCUT2D eigenvalue weighted by molar-refractivity contribution is 5.80. The summed E-state index contributed by atoms with van der Waals surface area (Å²) >= 11 is 0. The smallest absolute Gasteiger partial charge is 0.223 e. The molecule has 0 saturated heterocycles. The summed E-state index contributed by atoms with van der Waals surface area (Å²) < 4.78 is 5.17. The van der Waals surface area contributed by atoms with Crippen molar-refractivity contribution < 1.29 is 14.6 Å². The lowest BCUT2D eigenvalue weighted by Gasteiger charge is -2.14. The molecular weight excluding hydrogens is 230 g/mol. The first-order valence-corrected chi connectivity index (χ1v) is 6.22. The van der Waals surface area contributed by atoms with Crippen LogP contribution in [-0.2, 0) is 4.79 Å². The zero-order valence-electron chi connectivity index (χ0n) is 10.8. The molecule has 1 aliphatic carbocycles. The molecule has 2 N–H and O–H groups in total. The van der Waals surface area contributed by atoms with E-state index in [1.807, 2.05) is 25.1 Å². The van der Waals surface area contributed by atoms with Crippen LogP contribution in [0.2, 0.25) is 0 Å². The van der Waals surface area contributed by atoms with E-state index in [2.05, 4.69) is 5.32 Å². The summed E-state index contributed by atoms with van der Waals surface area (Å²) in [5.74, 6) is 1.03. The van der Waals surface area contributed by atoms with Gasteiger partial charge in [-0.25, -0.2) is 0 Å². The number of hydrogen-bond acceptors (Lipinski definition) is 3. The second-order valence-corrected chi connectivity index (χ2v) is 4.76. The third-order valence-corrected chi connectivity index (χ3v) is 3.22. The minimum atomic E-state index is -0.669. The number of methoxy groups -OCH3 is 1. The van der Waals surface area contributed by atoms with Crippen molar-refractivity contribution >= 4 is 5.91 Å². The highest BCUT2D eigenvalue weighted by Gasteiger charge is 2.29. The van der Waals surface area contributed by atoms with E-state index in [1.54, 1.807) is 7.11 Å². The van der Waals surface area contributed by atoms with Crippen LogP contribution < -0.4 is 10.1 Å². The van der Waals surface area contributed by atoms with E-state index >= 15 is 0 Å². The summed E-state index contributed by atoms with van der Waals surface area (Å²) in [5.41, 5.74) is 1.77. The molecule has 0 bridgehead atoms. The summed E-state index contributed by atoms with van der Waals surface area (Å²) in [6.07, 6.45) is 1.28. The Hall–Kier alpha value is -1.55. The molecule has 1 unspecified atom stereocenters. The highest BCUT2D eigenvalue weighted by Crippen LogP contribution is 2.29. The van der Waals surface area contributed by atoms with E-state index in [-0.39, 0.29) is 18.4 Å². The molecule has 1 atom stereocenters. The monoisotopic (exact) mass is 249 g/mol. The van der Waals surface area contributed by atoms with Crippen LogP contribution in [0.4, 0.5) is 0 Å². The van der Waals surface area contributed by atoms with Crippen LogP contribution in [0.25, 0.3) is 0 Å². The van der Waals surface area contributed by atoms with Gasteiger partial charge >= 0.3 is 0 Å². The number of ether oxygens (including phenoxy) is 1. The molecule has 4 heteroatoms. The van der Waals surface area contributed by atoms with Gasteiger partial charge in [-0.1, -0.05) is 6.07 Å². The Morgan fingerprint density at radius 3 is 2.83 bits per heavy atom. The molecule has 1 aliphatic rings. The Kier molecular flexibility index (Phi) is 3.87. The van der Waals surface area contributed by atoms with E-state index in [9.17, 15) is 9.90 Å². The summed E-state index contributed by atoms with van der Waals surface area (Å²) in [6, 6.07) is 5.53. The molecule has 0 heterocycles. The SMILES string of the molecule is COc1ccc(C(O)CNC(=O)C2CC2)cc1C. The van der Waals surface area contributed by atoms with Crippen molar-refractivity contribution in [2.75, 3.05) is 13.7 Å². The normalized spacial score (nSPS) is 16.2. The van der Waals surface area contributed by atoms with Crippen molar-refractivity contribution in [2.24, 2.45) is 5.92 Å². The first kappa shape index (κ1) is 12.9. The van der Waals surface area contributed by atoms with Crippen LogP contribution in [0.5, 0.6) is 5.75 Å². The Balaban J connectivity index is 1.93. The van der Waals surface area contributed by atoms with Crippen LogP contribution in [0.1, 0.15) is 30.1 Å². The van der Waals surface area contributed by atoms with Crippen LogP contribution in [-0.4, -0.2) is 24.7 Å². The van der Waals surface area contributed by atoms with Gasteiger partial charge in [-0.3, -0.25) is 4.79 Å². The topological polar surface area (TPSA) is 58.6 Å². The number of carbonyl (C=O) groups is 1. The van der Waals surface area contributed by atoms with Crippen LogP contribution in [0.15, 0.2) is 18.2 Å².